The van der Waals surface area contributed by atoms with Crippen molar-refractivity contribution in [2.45, 2.75) is 24.6 Å². The van der Waals surface area contributed by atoms with Gasteiger partial charge in [0, 0.05) is 23.0 Å². The number of nitrogens with one attached hydrogen (secondary N) is 2. The molecule has 0 aromatic heterocycles. The Kier molecular flexibility index (Phi) is 6.85. The molecule has 1 saturated heterocycles. The van der Waals surface area contributed by atoms with Gasteiger partial charge in [-0.2, -0.15) is 0 Å². The number of amides is 1. The van der Waals surface area contributed by atoms with Crippen molar-refractivity contribution >= 4 is 38.4 Å². The summed E-state index contributed by atoms with van der Waals surface area (Å²) >= 11 is 1.46. The van der Waals surface area contributed by atoms with Crippen molar-refractivity contribution in [3.05, 3.63) is 53.1 Å². The first-order chi connectivity index (χ1) is 15.8. The van der Waals surface area contributed by atoms with Crippen molar-refractivity contribution in [2.75, 3.05) is 37.6 Å². The molecule has 1 fully saturated rings. The lowest BCUT2D eigenvalue weighted by Gasteiger charge is -2.12. The molecular weight excluding hydrogens is 462 g/mol. The maximum atomic E-state index is 12.7. The Labute approximate surface area is 198 Å². The van der Waals surface area contributed by atoms with Crippen LogP contribution < -0.4 is 20.1 Å². The van der Waals surface area contributed by atoms with Gasteiger partial charge in [0.25, 0.3) is 5.91 Å². The van der Waals surface area contributed by atoms with Crippen LogP contribution in [0, 0.1) is 6.92 Å². The van der Waals surface area contributed by atoms with Gasteiger partial charge in [0.1, 0.15) is 0 Å². The lowest BCUT2D eigenvalue weighted by atomic mass is 10.1. The number of fused-ring (bicyclic) bond motifs is 1. The fourth-order valence-electron chi connectivity index (χ4n) is 3.89. The summed E-state index contributed by atoms with van der Waals surface area (Å²) in [4.78, 5) is 17.2. The molecule has 0 radical (unpaired) electrons. The van der Waals surface area contributed by atoms with Gasteiger partial charge in [-0.15, -0.1) is 0 Å². The van der Waals surface area contributed by atoms with Gasteiger partial charge in [-0.3, -0.25) is 9.79 Å². The van der Waals surface area contributed by atoms with Crippen LogP contribution in [0.2, 0.25) is 0 Å². The van der Waals surface area contributed by atoms with Gasteiger partial charge in [0.05, 0.1) is 31.8 Å². The average molecular weight is 490 g/mol. The standard InChI is InChI=1S/C23H27N3O5S2/c1-14-4-6-16(11-17(14)25-23-26-18-12-33(28,29)13-21(18)32-23)22(27)24-9-8-15-5-7-19(30-2)20(10-15)31-3/h4-7,10-11,18,21H,8-9,12-13H2,1-3H3,(H,24,27)(H,25,26)/t18-,21+/m0/s1. The first-order valence-electron chi connectivity index (χ1n) is 10.6. The third-order valence-electron chi connectivity index (χ3n) is 5.71. The number of hydrogen-bond donors (Lipinski definition) is 2. The topological polar surface area (TPSA) is 106 Å². The van der Waals surface area contributed by atoms with E-state index in [2.05, 4.69) is 15.6 Å². The van der Waals surface area contributed by atoms with E-state index >= 15 is 0 Å². The maximum Gasteiger partial charge on any atom is 0.251 e. The zero-order chi connectivity index (χ0) is 23.6. The summed E-state index contributed by atoms with van der Waals surface area (Å²) in [5.74, 6) is 1.43. The van der Waals surface area contributed by atoms with Crippen LogP contribution in [-0.2, 0) is 16.3 Å². The number of aryl methyl sites for hydroxylation is 1. The van der Waals surface area contributed by atoms with Crippen LogP contribution in [0.3, 0.4) is 0 Å². The van der Waals surface area contributed by atoms with Crippen molar-refractivity contribution < 1.29 is 22.7 Å². The zero-order valence-electron chi connectivity index (χ0n) is 18.8. The first-order valence-corrected chi connectivity index (χ1v) is 13.3. The van der Waals surface area contributed by atoms with Crippen LogP contribution in [0.4, 0.5) is 5.69 Å². The normalized spacial score (nSPS) is 20.6. The molecule has 2 aliphatic heterocycles. The minimum absolute atomic E-state index is 0.0270. The number of carbonyl (C=O) groups is 1. The first kappa shape index (κ1) is 23.4. The van der Waals surface area contributed by atoms with E-state index in [0.29, 0.717) is 35.2 Å². The van der Waals surface area contributed by atoms with Crippen LogP contribution in [0.5, 0.6) is 11.5 Å². The van der Waals surface area contributed by atoms with Crippen LogP contribution in [0.25, 0.3) is 0 Å². The van der Waals surface area contributed by atoms with Gasteiger partial charge in [0.15, 0.2) is 26.5 Å². The predicted octanol–water partition coefficient (Wildman–Crippen LogP) is 2.67. The number of anilines is 1. The van der Waals surface area contributed by atoms with E-state index in [4.69, 9.17) is 9.47 Å². The Morgan fingerprint density at radius 3 is 2.64 bits per heavy atom. The molecule has 0 spiro atoms. The smallest absolute Gasteiger partial charge is 0.251 e. The summed E-state index contributed by atoms with van der Waals surface area (Å²) in [7, 11) is 0.201. The second-order valence-corrected chi connectivity index (χ2v) is 11.5. The molecule has 0 unspecified atom stereocenters. The van der Waals surface area contributed by atoms with Crippen molar-refractivity contribution in [2.24, 2.45) is 4.99 Å². The maximum absolute atomic E-state index is 12.7. The second-order valence-electron chi connectivity index (χ2n) is 8.08. The SMILES string of the molecule is COc1ccc(CCNC(=O)c2ccc(C)c(NC3=N[C@H]4CS(=O)(=O)C[C@H]4S3)c2)cc1OC. The molecule has 176 valence electrons. The lowest BCUT2D eigenvalue weighted by Crippen LogP contribution is -2.26. The predicted molar refractivity (Wildman–Crippen MR) is 132 cm³/mol. The molecular formula is C23H27N3O5S2. The highest BCUT2D eigenvalue weighted by atomic mass is 32.2. The van der Waals surface area contributed by atoms with Crippen molar-refractivity contribution in [3.63, 3.8) is 0 Å². The van der Waals surface area contributed by atoms with Crippen LogP contribution in [-0.4, -0.2) is 63.1 Å². The van der Waals surface area contributed by atoms with Crippen molar-refractivity contribution in [1.29, 1.82) is 0 Å². The van der Waals surface area contributed by atoms with Gasteiger partial charge in [-0.05, 0) is 48.7 Å². The molecule has 8 nitrogen and oxygen atoms in total. The number of rotatable bonds is 7. The molecule has 0 bridgehead atoms. The van der Waals surface area contributed by atoms with E-state index in [-0.39, 0.29) is 28.7 Å². The van der Waals surface area contributed by atoms with E-state index in [1.165, 1.54) is 11.8 Å². The van der Waals surface area contributed by atoms with Crippen molar-refractivity contribution in [1.82, 2.24) is 5.32 Å². The number of methoxy groups -OCH3 is 2. The fourth-order valence-corrected chi connectivity index (χ4v) is 7.56. The van der Waals surface area contributed by atoms with E-state index in [9.17, 15) is 13.2 Å². The Morgan fingerprint density at radius 1 is 1.12 bits per heavy atom. The van der Waals surface area contributed by atoms with Crippen LogP contribution in [0.1, 0.15) is 21.5 Å². The van der Waals surface area contributed by atoms with Gasteiger partial charge in [-0.25, -0.2) is 8.42 Å². The number of thioether (sulfide) groups is 1. The second kappa shape index (κ2) is 9.64. The van der Waals surface area contributed by atoms with Gasteiger partial charge >= 0.3 is 0 Å². The molecule has 4 rings (SSSR count). The Balaban J connectivity index is 1.36. The molecule has 2 atom stereocenters. The number of sulfone groups is 1. The molecule has 1 amide bonds. The van der Waals surface area contributed by atoms with E-state index in [1.54, 1.807) is 26.4 Å². The number of amidine groups is 1. The molecule has 2 N–H and O–H groups in total. The quantitative estimate of drug-likeness (QED) is 0.616. The average Bonchev–Trinajstić information content (AvgIpc) is 3.27. The number of hydrogen-bond acceptors (Lipinski definition) is 8. The monoisotopic (exact) mass is 489 g/mol. The Morgan fingerprint density at radius 2 is 1.91 bits per heavy atom. The largest absolute Gasteiger partial charge is 0.493 e. The molecule has 2 aliphatic rings. The lowest BCUT2D eigenvalue weighted by molar-refractivity contribution is 0.0954. The Hall–Kier alpha value is -2.72. The summed E-state index contributed by atoms with van der Waals surface area (Å²) < 4.78 is 34.1. The Bertz CT molecular complexity index is 1200. The molecule has 10 heteroatoms. The molecule has 33 heavy (non-hydrogen) atoms. The highest BCUT2D eigenvalue weighted by molar-refractivity contribution is 8.15. The summed E-state index contributed by atoms with van der Waals surface area (Å²) in [6.45, 7) is 2.43. The zero-order valence-corrected chi connectivity index (χ0v) is 20.4. The van der Waals surface area contributed by atoms with Gasteiger partial charge < -0.3 is 20.1 Å². The third kappa shape index (κ3) is 5.44. The molecule has 0 aliphatic carbocycles. The number of carbonyl (C=O) groups excluding carboxylic acids is 1. The van der Waals surface area contributed by atoms with Gasteiger partial charge in [-0.1, -0.05) is 23.9 Å². The molecule has 2 aromatic carbocycles. The van der Waals surface area contributed by atoms with Crippen LogP contribution >= 0.6 is 11.8 Å². The highest BCUT2D eigenvalue weighted by Gasteiger charge is 2.42. The van der Waals surface area contributed by atoms with E-state index in [0.717, 1.165) is 16.8 Å². The highest BCUT2D eigenvalue weighted by Crippen LogP contribution is 2.35. The number of benzene rings is 2. The van der Waals surface area contributed by atoms with E-state index in [1.807, 2.05) is 31.2 Å². The summed E-state index contributed by atoms with van der Waals surface area (Å²) in [6.07, 6.45) is 0.655. The van der Waals surface area contributed by atoms with E-state index < -0.39 is 9.84 Å². The number of aliphatic imine (C=N–C) groups is 1. The van der Waals surface area contributed by atoms with Crippen molar-refractivity contribution in [3.8, 4) is 11.5 Å². The minimum atomic E-state index is -2.99. The summed E-state index contributed by atoms with van der Waals surface area (Å²) in [5, 5.41) is 6.91. The van der Waals surface area contributed by atoms with Crippen LogP contribution in [0.15, 0.2) is 41.4 Å². The molecule has 2 heterocycles. The summed E-state index contributed by atoms with van der Waals surface area (Å²) in [6, 6.07) is 11.0. The fraction of sp³-hybridized carbons (Fsp3) is 0.391. The summed E-state index contributed by atoms with van der Waals surface area (Å²) in [5.41, 5.74) is 3.34. The number of nitrogens with zero attached hydrogens (tertiary/aromatic N) is 1. The minimum Gasteiger partial charge on any atom is -0.493 e. The third-order valence-corrected chi connectivity index (χ3v) is 8.85. The number of ether oxygens (including phenoxy) is 2. The molecule has 0 saturated carbocycles. The van der Waals surface area contributed by atoms with Gasteiger partial charge in [0.2, 0.25) is 0 Å². The molecule has 2 aromatic rings.